The van der Waals surface area contributed by atoms with Crippen LogP contribution in [0.2, 0.25) is 0 Å². The number of aryl methyl sites for hydroxylation is 2. The van der Waals surface area contributed by atoms with Crippen LogP contribution in [0.5, 0.6) is 0 Å². The number of imidazole rings is 1. The summed E-state index contributed by atoms with van der Waals surface area (Å²) in [5.41, 5.74) is 5.42. The van der Waals surface area contributed by atoms with Gasteiger partial charge in [0.2, 0.25) is 0 Å². The highest BCUT2D eigenvalue weighted by atomic mass is 31.2. The number of amides is 1. The first-order valence-corrected chi connectivity index (χ1v) is 24.6. The summed E-state index contributed by atoms with van der Waals surface area (Å²) in [4.78, 5) is 47.2. The highest BCUT2D eigenvalue weighted by Gasteiger charge is 2.52. The van der Waals surface area contributed by atoms with Gasteiger partial charge in [-0.3, -0.25) is 23.4 Å². The van der Waals surface area contributed by atoms with E-state index in [9.17, 15) is 14.2 Å². The van der Waals surface area contributed by atoms with E-state index in [0.29, 0.717) is 114 Å². The first kappa shape index (κ1) is 42.7. The average molecular weight is 902 g/mol. The Morgan fingerprint density at radius 3 is 2.35 bits per heavy atom. The van der Waals surface area contributed by atoms with Crippen LogP contribution in [0.25, 0.3) is 28.1 Å². The number of nitrogens with one attached hydrogen (secondary N) is 2. The Kier molecular flexibility index (Phi) is 10.5. The van der Waals surface area contributed by atoms with Crippen LogP contribution < -0.4 is 22.1 Å². The van der Waals surface area contributed by atoms with Crippen molar-refractivity contribution >= 4 is 34.9 Å². The van der Waals surface area contributed by atoms with Gasteiger partial charge in [-0.25, -0.2) is 18.7 Å². The monoisotopic (exact) mass is 901 g/mol. The van der Waals surface area contributed by atoms with Gasteiger partial charge >= 0.3 is 11.4 Å². The number of H-pyrrole nitrogens is 1. The number of benzene rings is 3. The zero-order valence-corrected chi connectivity index (χ0v) is 38.4. The summed E-state index contributed by atoms with van der Waals surface area (Å²) >= 11 is 0. The third kappa shape index (κ3) is 6.86. The minimum atomic E-state index is -2.65. The Labute approximate surface area is 374 Å². The van der Waals surface area contributed by atoms with Gasteiger partial charge in [0, 0.05) is 85.4 Å². The lowest BCUT2D eigenvalue weighted by Gasteiger charge is -2.34. The lowest BCUT2D eigenvalue weighted by molar-refractivity contribution is 0.0664. The maximum atomic E-state index is 15.4. The molecule has 17 heteroatoms. The molecule has 3 aromatic carbocycles. The number of hydrogen-bond donors (Lipinski definition) is 2. The van der Waals surface area contributed by atoms with E-state index in [-0.39, 0.29) is 17.4 Å². The molecule has 6 heterocycles. The normalized spacial score (nSPS) is 17.5. The largest absolute Gasteiger partial charge is 0.438 e. The summed E-state index contributed by atoms with van der Waals surface area (Å²) in [6, 6.07) is 16.7. The van der Waals surface area contributed by atoms with Crippen LogP contribution >= 0.6 is 7.14 Å². The molecule has 4 aromatic heterocycles. The molecule has 1 atom stereocenters. The molecule has 2 fully saturated rings. The molecule has 0 spiro atoms. The molecule has 7 aromatic rings. The molecule has 0 bridgehead atoms. The molecule has 1 amide bonds. The van der Waals surface area contributed by atoms with Crippen LogP contribution in [-0.4, -0.2) is 83.6 Å². The van der Waals surface area contributed by atoms with E-state index < -0.39 is 24.5 Å². The number of anilines is 1. The van der Waals surface area contributed by atoms with Gasteiger partial charge < -0.3 is 24.1 Å². The van der Waals surface area contributed by atoms with Gasteiger partial charge in [-0.15, -0.1) is 0 Å². The molecule has 1 saturated heterocycles. The summed E-state index contributed by atoms with van der Waals surface area (Å²) < 4.78 is 46.4. The predicted molar refractivity (Wildman–Crippen MR) is 247 cm³/mol. The second-order valence-corrected chi connectivity index (χ2v) is 21.3. The maximum absolute atomic E-state index is 15.4. The zero-order chi connectivity index (χ0) is 45.5. The zero-order valence-electron chi connectivity index (χ0n) is 37.5. The van der Waals surface area contributed by atoms with Crippen molar-refractivity contribution in [3.63, 3.8) is 0 Å². The number of aromatic nitrogens is 7. The van der Waals surface area contributed by atoms with Crippen LogP contribution in [0.1, 0.15) is 103 Å². The number of halogens is 1. The number of rotatable bonds is 11. The molecule has 2 N–H and O–H groups in total. The molecule has 1 unspecified atom stereocenters. The minimum absolute atomic E-state index is 0.225. The van der Waals surface area contributed by atoms with Gasteiger partial charge in [-0.1, -0.05) is 25.1 Å². The molecule has 65 heavy (non-hydrogen) atoms. The number of aromatic amines is 1. The van der Waals surface area contributed by atoms with Gasteiger partial charge in [0.15, 0.2) is 5.82 Å². The van der Waals surface area contributed by atoms with Crippen LogP contribution in [-0.2, 0) is 21.3 Å². The van der Waals surface area contributed by atoms with E-state index in [2.05, 4.69) is 33.7 Å². The first-order valence-electron chi connectivity index (χ1n) is 22.5. The van der Waals surface area contributed by atoms with E-state index in [0.717, 1.165) is 29.0 Å². The first-order chi connectivity index (χ1) is 31.3. The van der Waals surface area contributed by atoms with Crippen molar-refractivity contribution in [3.05, 3.63) is 133 Å². The smallest absolute Gasteiger partial charge is 0.387 e. The second kappa shape index (κ2) is 16.0. The van der Waals surface area contributed by atoms with Crippen LogP contribution in [0, 0.1) is 19.7 Å². The van der Waals surface area contributed by atoms with E-state index >= 15 is 9.18 Å². The number of fused-ring (bicyclic) bond motifs is 2. The van der Waals surface area contributed by atoms with Crippen molar-refractivity contribution in [1.82, 2.24) is 38.5 Å². The van der Waals surface area contributed by atoms with Crippen molar-refractivity contribution in [2.24, 2.45) is 0 Å². The second-order valence-electron chi connectivity index (χ2n) is 17.8. The summed E-state index contributed by atoms with van der Waals surface area (Å²) in [6.45, 7) is 11.0. The molecule has 15 nitrogen and oxygen atoms in total. The number of ether oxygens (including phenoxy) is 1. The minimum Gasteiger partial charge on any atom is -0.387 e. The van der Waals surface area contributed by atoms with E-state index in [1.54, 1.807) is 50.1 Å². The average Bonchev–Trinajstić information content (AvgIpc) is 3.60. The maximum Gasteiger partial charge on any atom is 0.438 e. The topological polar surface area (TPSA) is 167 Å². The van der Waals surface area contributed by atoms with Crippen LogP contribution in [0.4, 0.5) is 10.1 Å². The molecule has 1 saturated carbocycles. The summed E-state index contributed by atoms with van der Waals surface area (Å²) in [5.74, 6) is -0.0593. The third-order valence-corrected chi connectivity index (χ3v) is 17.4. The molecule has 3 aliphatic rings. The van der Waals surface area contributed by atoms with Gasteiger partial charge in [0.25, 0.3) is 5.91 Å². The van der Waals surface area contributed by atoms with Gasteiger partial charge in [0.05, 0.1) is 23.1 Å². The summed E-state index contributed by atoms with van der Waals surface area (Å²) in [6.07, 6.45) is 7.92. The predicted octanol–water partition coefficient (Wildman–Crippen LogP) is 7.46. The fourth-order valence-electron chi connectivity index (χ4n) is 10.3. The molecule has 1 aliphatic carbocycles. The van der Waals surface area contributed by atoms with Gasteiger partial charge in [-0.05, 0) is 118 Å². The van der Waals surface area contributed by atoms with Gasteiger partial charge in [-0.2, -0.15) is 5.10 Å². The van der Waals surface area contributed by atoms with Crippen molar-refractivity contribution in [2.75, 3.05) is 44.4 Å². The van der Waals surface area contributed by atoms with Gasteiger partial charge in [0.1, 0.15) is 30.0 Å². The molecular formula is C48H53FN9O6P. The Morgan fingerprint density at radius 2 is 1.69 bits per heavy atom. The lowest BCUT2D eigenvalue weighted by Crippen LogP contribution is -2.41. The fourth-order valence-corrected chi connectivity index (χ4v) is 12.4. The number of carbonyl (C=O) groups is 1. The molecule has 338 valence electrons. The lowest BCUT2D eigenvalue weighted by atomic mass is 9.91. The highest BCUT2D eigenvalue weighted by molar-refractivity contribution is 7.71. The third-order valence-electron chi connectivity index (χ3n) is 14.1. The Bertz CT molecular complexity index is 3170. The van der Waals surface area contributed by atoms with Crippen LogP contribution in [0.3, 0.4) is 0 Å². The highest BCUT2D eigenvalue weighted by Crippen LogP contribution is 2.51. The van der Waals surface area contributed by atoms with E-state index in [1.165, 1.54) is 14.7 Å². The van der Waals surface area contributed by atoms with Crippen molar-refractivity contribution < 1.29 is 23.0 Å². The Morgan fingerprint density at radius 1 is 0.969 bits per heavy atom. The summed E-state index contributed by atoms with van der Waals surface area (Å²) in [5, 5.41) is 14.1. The number of hydrogen-bond acceptors (Lipinski definition) is 9. The molecule has 0 radical (unpaired) electrons. The van der Waals surface area contributed by atoms with E-state index in [4.69, 9.17) is 14.4 Å². The van der Waals surface area contributed by atoms with Crippen molar-refractivity contribution in [3.8, 4) is 17.2 Å². The number of carbonyl (C=O) groups excluding carboxylic acids is 1. The Hall–Kier alpha value is -6.25. The molecular weight excluding hydrogens is 849 g/mol. The van der Waals surface area contributed by atoms with E-state index in [1.807, 2.05) is 54.5 Å². The standard InChI is InChI=1S/C48H53FN9O6P/c1-7-65(62,8-2)40-12-10-34(27-37(40)50-6)55-19-20-56(47(55)61)43-41-30(5)54(18-13-36(41)52-58(43)35-23-28(3)42(49)29(4)24-35)44(59)39-26-33-25-32(31-14-21-63-22-15-31)9-11-38(33)57(39)48(16-17-48)45-51-46(60)64-53-45/h9-12,19-20,23-27,30-31,50H,7-8,13-18,21-22H2,1-6H3,(H,51,53,60). The van der Waals surface area contributed by atoms with Crippen LogP contribution in [0.15, 0.2) is 81.1 Å². The number of nitrogens with zero attached hydrogens (tertiary/aromatic N) is 7. The SMILES string of the molecule is CCP(=O)(CC)c1ccc(-n2ccn(-c3c4c(nn3-c3cc(C)c(F)c(C)c3)CCN(C(=O)c3cc5cc(C6CCOCC6)ccc5n3C3(c5noc(=O)[nH]5)CC3)C4C)c2=O)cc1NC. The van der Waals surface area contributed by atoms with Crippen molar-refractivity contribution in [1.29, 1.82) is 0 Å². The quantitative estimate of drug-likeness (QED) is 0.125. The molecule has 10 rings (SSSR count). The van der Waals surface area contributed by atoms with Crippen molar-refractivity contribution in [2.45, 2.75) is 84.2 Å². The Balaban J connectivity index is 1.10. The summed E-state index contributed by atoms with van der Waals surface area (Å²) in [7, 11) is -0.869. The fraction of sp³-hybridized carbons (Fsp3) is 0.396. The molecule has 2 aliphatic heterocycles.